The average Bonchev–Trinajstić information content (AvgIpc) is 2.86. The zero-order chi connectivity index (χ0) is 13.9. The Kier molecular flexibility index (Phi) is 4.29. The maximum Gasteiger partial charge on any atom is 0.326 e. The number of nitrogens with zero attached hydrogens (tertiary/aromatic N) is 1. The number of ether oxygens (including phenoxy) is 1. The summed E-state index contributed by atoms with van der Waals surface area (Å²) in [5.41, 5.74) is 0.0619. The van der Waals surface area contributed by atoms with Crippen LogP contribution in [0, 0.1) is 5.41 Å². The van der Waals surface area contributed by atoms with Gasteiger partial charge < -0.3 is 20.1 Å². The van der Waals surface area contributed by atoms with Crippen LogP contribution in [0.5, 0.6) is 0 Å². The van der Waals surface area contributed by atoms with Gasteiger partial charge in [0.15, 0.2) is 0 Å². The van der Waals surface area contributed by atoms with Crippen LogP contribution in [-0.2, 0) is 9.53 Å². The number of amides is 2. The van der Waals surface area contributed by atoms with Gasteiger partial charge in [-0.1, -0.05) is 6.92 Å². The van der Waals surface area contributed by atoms with Crippen LogP contribution in [0.15, 0.2) is 0 Å². The van der Waals surface area contributed by atoms with E-state index >= 15 is 0 Å². The lowest BCUT2D eigenvalue weighted by molar-refractivity contribution is -0.141. The van der Waals surface area contributed by atoms with Crippen molar-refractivity contribution >= 4 is 12.0 Å². The number of carboxylic acid groups (broad SMARTS) is 1. The molecule has 19 heavy (non-hydrogen) atoms. The quantitative estimate of drug-likeness (QED) is 0.803. The van der Waals surface area contributed by atoms with E-state index in [1.807, 2.05) is 0 Å². The van der Waals surface area contributed by atoms with Crippen LogP contribution in [0.1, 0.15) is 32.6 Å². The monoisotopic (exact) mass is 270 g/mol. The van der Waals surface area contributed by atoms with E-state index in [0.717, 1.165) is 32.5 Å². The van der Waals surface area contributed by atoms with Gasteiger partial charge in [0.1, 0.15) is 6.04 Å². The van der Waals surface area contributed by atoms with Crippen molar-refractivity contribution in [2.75, 3.05) is 26.3 Å². The maximum atomic E-state index is 12.1. The van der Waals surface area contributed by atoms with E-state index in [1.54, 1.807) is 0 Å². The number of carbonyl (C=O) groups excluding carboxylic acids is 1. The molecule has 6 nitrogen and oxygen atoms in total. The summed E-state index contributed by atoms with van der Waals surface area (Å²) >= 11 is 0. The van der Waals surface area contributed by atoms with Crippen molar-refractivity contribution in [3.05, 3.63) is 0 Å². The molecule has 2 rings (SSSR count). The standard InChI is InChI=1S/C13H22N2O4/c1-13(4-7-19-8-5-13)9-14-12(18)15-6-2-3-10(15)11(16)17/h10H,2-9H2,1H3,(H,14,18)(H,16,17)/t10-/m0/s1. The molecule has 2 N–H and O–H groups in total. The van der Waals surface area contributed by atoms with Crippen molar-refractivity contribution in [2.45, 2.75) is 38.6 Å². The van der Waals surface area contributed by atoms with Crippen LogP contribution >= 0.6 is 0 Å². The topological polar surface area (TPSA) is 78.9 Å². The fraction of sp³-hybridized carbons (Fsp3) is 0.846. The van der Waals surface area contributed by atoms with Crippen LogP contribution in [0.3, 0.4) is 0 Å². The van der Waals surface area contributed by atoms with Gasteiger partial charge >= 0.3 is 12.0 Å². The lowest BCUT2D eigenvalue weighted by atomic mass is 9.82. The summed E-state index contributed by atoms with van der Waals surface area (Å²) in [6.45, 7) is 4.71. The summed E-state index contributed by atoms with van der Waals surface area (Å²) in [5, 5.41) is 11.9. The molecule has 2 saturated heterocycles. The Morgan fingerprint density at radius 3 is 2.74 bits per heavy atom. The number of hydrogen-bond acceptors (Lipinski definition) is 3. The molecule has 2 aliphatic heterocycles. The predicted molar refractivity (Wildman–Crippen MR) is 68.9 cm³/mol. The molecule has 0 aromatic heterocycles. The van der Waals surface area contributed by atoms with Crippen LogP contribution in [0.4, 0.5) is 4.79 Å². The molecular formula is C13H22N2O4. The minimum atomic E-state index is -0.912. The molecule has 2 heterocycles. The maximum absolute atomic E-state index is 12.1. The minimum Gasteiger partial charge on any atom is -0.480 e. The van der Waals surface area contributed by atoms with E-state index in [4.69, 9.17) is 9.84 Å². The molecule has 0 aromatic carbocycles. The first-order chi connectivity index (χ1) is 9.02. The van der Waals surface area contributed by atoms with E-state index in [2.05, 4.69) is 12.2 Å². The summed E-state index contributed by atoms with van der Waals surface area (Å²) in [6.07, 6.45) is 3.16. The number of carboxylic acids is 1. The SMILES string of the molecule is CC1(CNC(=O)N2CCC[C@H]2C(=O)O)CCOCC1. The molecule has 0 unspecified atom stereocenters. The predicted octanol–water partition coefficient (Wildman–Crippen LogP) is 1.06. The number of nitrogens with one attached hydrogen (secondary N) is 1. The molecule has 0 spiro atoms. The number of rotatable bonds is 3. The lowest BCUT2D eigenvalue weighted by Gasteiger charge is -2.34. The van der Waals surface area contributed by atoms with Gasteiger partial charge in [-0.2, -0.15) is 0 Å². The highest BCUT2D eigenvalue weighted by molar-refractivity contribution is 5.83. The number of carbonyl (C=O) groups is 2. The number of likely N-dealkylation sites (tertiary alicyclic amines) is 1. The molecule has 2 aliphatic rings. The molecule has 6 heteroatoms. The molecule has 0 saturated carbocycles. The highest BCUT2D eigenvalue weighted by atomic mass is 16.5. The van der Waals surface area contributed by atoms with Crippen molar-refractivity contribution in [1.82, 2.24) is 10.2 Å². The van der Waals surface area contributed by atoms with Gasteiger partial charge in [-0.3, -0.25) is 0 Å². The van der Waals surface area contributed by atoms with Crippen molar-refractivity contribution in [1.29, 1.82) is 0 Å². The fourth-order valence-electron chi connectivity index (χ4n) is 2.70. The zero-order valence-electron chi connectivity index (χ0n) is 11.4. The summed E-state index contributed by atoms with van der Waals surface area (Å²) in [5.74, 6) is -0.912. The average molecular weight is 270 g/mol. The Morgan fingerprint density at radius 2 is 2.11 bits per heavy atom. The largest absolute Gasteiger partial charge is 0.480 e. The Bertz CT molecular complexity index is 353. The summed E-state index contributed by atoms with van der Waals surface area (Å²) < 4.78 is 5.32. The molecule has 0 radical (unpaired) electrons. The van der Waals surface area contributed by atoms with E-state index in [0.29, 0.717) is 19.5 Å². The Morgan fingerprint density at radius 1 is 1.42 bits per heavy atom. The van der Waals surface area contributed by atoms with E-state index < -0.39 is 12.0 Å². The third-order valence-corrected chi connectivity index (χ3v) is 4.17. The van der Waals surface area contributed by atoms with Gasteiger partial charge in [-0.25, -0.2) is 9.59 Å². The zero-order valence-corrected chi connectivity index (χ0v) is 11.4. The third kappa shape index (κ3) is 3.37. The number of aliphatic carboxylic acids is 1. The van der Waals surface area contributed by atoms with Gasteiger partial charge in [-0.15, -0.1) is 0 Å². The molecule has 0 bridgehead atoms. The van der Waals surface area contributed by atoms with Crippen LogP contribution in [-0.4, -0.2) is 54.4 Å². The highest BCUT2D eigenvalue weighted by Crippen LogP contribution is 2.28. The van der Waals surface area contributed by atoms with Gasteiger partial charge in [0.25, 0.3) is 0 Å². The van der Waals surface area contributed by atoms with Crippen molar-refractivity contribution in [2.24, 2.45) is 5.41 Å². The number of hydrogen-bond donors (Lipinski definition) is 2. The van der Waals surface area contributed by atoms with Crippen molar-refractivity contribution < 1.29 is 19.4 Å². The Hall–Kier alpha value is -1.30. The second kappa shape index (κ2) is 5.77. The number of urea groups is 1. The minimum absolute atomic E-state index is 0.0619. The Balaban J connectivity index is 1.85. The molecule has 0 aromatic rings. The molecular weight excluding hydrogens is 248 g/mol. The van der Waals surface area contributed by atoms with Crippen molar-refractivity contribution in [3.8, 4) is 0 Å². The molecule has 108 valence electrons. The molecule has 1 atom stereocenters. The first kappa shape index (κ1) is 14.1. The second-order valence-electron chi connectivity index (χ2n) is 5.77. The van der Waals surface area contributed by atoms with Gasteiger partial charge in [0, 0.05) is 26.3 Å². The van der Waals surface area contributed by atoms with Crippen LogP contribution < -0.4 is 5.32 Å². The fourth-order valence-corrected chi connectivity index (χ4v) is 2.70. The first-order valence-electron chi connectivity index (χ1n) is 6.87. The summed E-state index contributed by atoms with van der Waals surface area (Å²) in [6, 6.07) is -0.917. The van der Waals surface area contributed by atoms with Gasteiger partial charge in [0.2, 0.25) is 0 Å². The second-order valence-corrected chi connectivity index (χ2v) is 5.77. The highest BCUT2D eigenvalue weighted by Gasteiger charge is 2.35. The molecule has 2 amide bonds. The van der Waals surface area contributed by atoms with Gasteiger partial charge in [-0.05, 0) is 31.1 Å². The van der Waals surface area contributed by atoms with E-state index in [-0.39, 0.29) is 11.4 Å². The normalized spacial score (nSPS) is 26.2. The van der Waals surface area contributed by atoms with Gasteiger partial charge in [0.05, 0.1) is 0 Å². The Labute approximate surface area is 113 Å². The summed E-state index contributed by atoms with van der Waals surface area (Å²) in [4.78, 5) is 24.5. The first-order valence-corrected chi connectivity index (χ1v) is 6.87. The lowest BCUT2D eigenvalue weighted by Crippen LogP contribution is -2.49. The van der Waals surface area contributed by atoms with Crippen molar-refractivity contribution in [3.63, 3.8) is 0 Å². The van der Waals surface area contributed by atoms with E-state index in [9.17, 15) is 9.59 Å². The third-order valence-electron chi connectivity index (χ3n) is 4.17. The molecule has 2 fully saturated rings. The van der Waals surface area contributed by atoms with E-state index in [1.165, 1.54) is 4.90 Å². The van der Waals surface area contributed by atoms with Crippen LogP contribution in [0.25, 0.3) is 0 Å². The van der Waals surface area contributed by atoms with Crippen LogP contribution in [0.2, 0.25) is 0 Å². The molecule has 0 aliphatic carbocycles. The smallest absolute Gasteiger partial charge is 0.326 e. The summed E-state index contributed by atoms with van der Waals surface area (Å²) in [7, 11) is 0.